The molecule has 0 bridgehead atoms. The van der Waals surface area contributed by atoms with Crippen molar-refractivity contribution in [2.75, 3.05) is 11.4 Å². The molecule has 0 spiro atoms. The fourth-order valence-electron chi connectivity index (χ4n) is 3.91. The van der Waals surface area contributed by atoms with Crippen molar-refractivity contribution in [3.63, 3.8) is 0 Å². The summed E-state index contributed by atoms with van der Waals surface area (Å²) < 4.78 is 27.8. The third-order valence-electron chi connectivity index (χ3n) is 5.99. The Morgan fingerprint density at radius 1 is 0.714 bits per heavy atom. The first kappa shape index (κ1) is 24.2. The highest BCUT2D eigenvalue weighted by Crippen LogP contribution is 2.28. The molecule has 0 aromatic heterocycles. The summed E-state index contributed by atoms with van der Waals surface area (Å²) in [6, 6.07) is 30.7. The van der Waals surface area contributed by atoms with E-state index in [4.69, 9.17) is 0 Å². The lowest BCUT2D eigenvalue weighted by atomic mass is 9.97. The van der Waals surface area contributed by atoms with Crippen molar-refractivity contribution in [3.05, 3.63) is 131 Å². The van der Waals surface area contributed by atoms with Crippen LogP contribution >= 0.6 is 0 Å². The van der Waals surface area contributed by atoms with Gasteiger partial charge in [0.25, 0.3) is 15.9 Å². The molecule has 0 unspecified atom stereocenters. The maximum absolute atomic E-state index is 13.6. The largest absolute Gasteiger partial charge is 0.341 e. The number of rotatable bonds is 7. The van der Waals surface area contributed by atoms with Crippen LogP contribution in [0.2, 0.25) is 0 Å². The van der Waals surface area contributed by atoms with Crippen molar-refractivity contribution in [2.24, 2.45) is 0 Å². The predicted octanol–water partition coefficient (Wildman–Crippen LogP) is 5.65. The zero-order chi connectivity index (χ0) is 25.0. The molecule has 4 aromatic carbocycles. The number of carbonyl (C=O) groups excluding carboxylic acids is 1. The molecule has 0 aliphatic rings. The molecule has 0 saturated heterocycles. The number of nitrogens with zero attached hydrogens (tertiary/aromatic N) is 1. The summed E-state index contributed by atoms with van der Waals surface area (Å²) >= 11 is 0. The minimum absolute atomic E-state index is 0.169. The minimum atomic E-state index is -3.85. The van der Waals surface area contributed by atoms with E-state index in [9.17, 15) is 13.2 Å². The Hall–Kier alpha value is -3.90. The molecule has 1 N–H and O–H groups in total. The summed E-state index contributed by atoms with van der Waals surface area (Å²) in [5.74, 6) is -0.360. The van der Waals surface area contributed by atoms with Crippen LogP contribution in [-0.4, -0.2) is 21.4 Å². The Balaban J connectivity index is 1.69. The van der Waals surface area contributed by atoms with Gasteiger partial charge in [-0.05, 0) is 49.2 Å². The number of para-hydroxylation sites is 1. The molecule has 5 nitrogen and oxygen atoms in total. The van der Waals surface area contributed by atoms with Crippen LogP contribution in [0.1, 0.15) is 38.7 Å². The topological polar surface area (TPSA) is 66.5 Å². The van der Waals surface area contributed by atoms with Gasteiger partial charge in [-0.2, -0.15) is 0 Å². The molecule has 4 aromatic rings. The molecule has 1 atom stereocenters. The molecule has 0 radical (unpaired) electrons. The SMILES string of the molecule is Cc1ccc([C@@H](NC(=O)c2ccccc2N(C)S(=O)(=O)c2ccc(C)cc2)c2ccccc2)cc1. The summed E-state index contributed by atoms with van der Waals surface area (Å²) in [6.45, 7) is 3.91. The number of hydrogen-bond acceptors (Lipinski definition) is 3. The van der Waals surface area contributed by atoms with Crippen molar-refractivity contribution in [1.29, 1.82) is 0 Å². The predicted molar refractivity (Wildman–Crippen MR) is 140 cm³/mol. The van der Waals surface area contributed by atoms with Crippen LogP contribution < -0.4 is 9.62 Å². The van der Waals surface area contributed by atoms with Gasteiger partial charge in [0, 0.05) is 7.05 Å². The Kier molecular flexibility index (Phi) is 7.03. The van der Waals surface area contributed by atoms with Crippen molar-refractivity contribution >= 4 is 21.6 Å². The zero-order valence-corrected chi connectivity index (χ0v) is 20.8. The zero-order valence-electron chi connectivity index (χ0n) is 20.0. The summed E-state index contributed by atoms with van der Waals surface area (Å²) in [6.07, 6.45) is 0. The van der Waals surface area contributed by atoms with Crippen LogP contribution in [0, 0.1) is 13.8 Å². The minimum Gasteiger partial charge on any atom is -0.341 e. The average Bonchev–Trinajstić information content (AvgIpc) is 2.88. The highest BCUT2D eigenvalue weighted by atomic mass is 32.2. The van der Waals surface area contributed by atoms with Crippen LogP contribution in [0.5, 0.6) is 0 Å². The van der Waals surface area contributed by atoms with E-state index in [-0.39, 0.29) is 16.4 Å². The van der Waals surface area contributed by atoms with Crippen LogP contribution in [0.15, 0.2) is 108 Å². The van der Waals surface area contributed by atoms with E-state index in [1.54, 1.807) is 48.5 Å². The van der Waals surface area contributed by atoms with E-state index in [0.29, 0.717) is 5.69 Å². The van der Waals surface area contributed by atoms with Gasteiger partial charge in [-0.3, -0.25) is 9.10 Å². The second-order valence-electron chi connectivity index (χ2n) is 8.53. The fourth-order valence-corrected chi connectivity index (χ4v) is 5.12. The molecule has 6 heteroatoms. The second kappa shape index (κ2) is 10.2. The Bertz CT molecular complexity index is 1420. The highest BCUT2D eigenvalue weighted by Gasteiger charge is 2.26. The van der Waals surface area contributed by atoms with Crippen molar-refractivity contribution in [1.82, 2.24) is 5.32 Å². The standard InChI is InChI=1S/C29H28N2O3S/c1-21-13-17-24(18-14-21)28(23-9-5-4-6-10-23)30-29(32)26-11-7-8-12-27(26)31(3)35(33,34)25-19-15-22(2)16-20-25/h4-20,28H,1-3H3,(H,30,32)/t28-/m0/s1. The van der Waals surface area contributed by atoms with Crippen LogP contribution in [0.3, 0.4) is 0 Å². The molecule has 0 saturated carbocycles. The van der Waals surface area contributed by atoms with Gasteiger partial charge >= 0.3 is 0 Å². The van der Waals surface area contributed by atoms with E-state index in [2.05, 4.69) is 5.32 Å². The summed E-state index contributed by atoms with van der Waals surface area (Å²) in [7, 11) is -2.38. The third kappa shape index (κ3) is 5.28. The van der Waals surface area contributed by atoms with Gasteiger partial charge in [0.1, 0.15) is 0 Å². The number of sulfonamides is 1. The summed E-state index contributed by atoms with van der Waals surface area (Å²) in [4.78, 5) is 13.7. The monoisotopic (exact) mass is 484 g/mol. The third-order valence-corrected chi connectivity index (χ3v) is 7.77. The van der Waals surface area contributed by atoms with Gasteiger partial charge in [-0.25, -0.2) is 8.42 Å². The molecular weight excluding hydrogens is 456 g/mol. The van der Waals surface area contributed by atoms with Crippen molar-refractivity contribution in [2.45, 2.75) is 24.8 Å². The van der Waals surface area contributed by atoms with E-state index >= 15 is 0 Å². The van der Waals surface area contributed by atoms with E-state index < -0.39 is 16.1 Å². The fraction of sp³-hybridized carbons (Fsp3) is 0.138. The van der Waals surface area contributed by atoms with Gasteiger partial charge in [-0.1, -0.05) is 90.0 Å². The number of benzene rings is 4. The first-order chi connectivity index (χ1) is 16.8. The van der Waals surface area contributed by atoms with Crippen molar-refractivity contribution < 1.29 is 13.2 Å². The highest BCUT2D eigenvalue weighted by molar-refractivity contribution is 7.92. The van der Waals surface area contributed by atoms with Gasteiger partial charge in [0.2, 0.25) is 0 Å². The maximum atomic E-state index is 13.6. The first-order valence-electron chi connectivity index (χ1n) is 11.3. The molecule has 0 heterocycles. The molecule has 0 aliphatic heterocycles. The van der Waals surface area contributed by atoms with E-state index in [0.717, 1.165) is 26.6 Å². The maximum Gasteiger partial charge on any atom is 0.264 e. The number of carbonyl (C=O) groups is 1. The number of nitrogens with one attached hydrogen (secondary N) is 1. The van der Waals surface area contributed by atoms with Crippen molar-refractivity contribution in [3.8, 4) is 0 Å². The molecule has 178 valence electrons. The number of anilines is 1. The van der Waals surface area contributed by atoms with E-state index in [1.807, 2.05) is 68.4 Å². The van der Waals surface area contributed by atoms with Gasteiger partial charge in [0.05, 0.1) is 22.2 Å². The second-order valence-corrected chi connectivity index (χ2v) is 10.5. The Morgan fingerprint density at radius 2 is 1.23 bits per heavy atom. The normalized spacial score (nSPS) is 12.1. The van der Waals surface area contributed by atoms with Crippen LogP contribution in [0.25, 0.3) is 0 Å². The molecule has 0 aliphatic carbocycles. The molecular formula is C29H28N2O3S. The van der Waals surface area contributed by atoms with Crippen LogP contribution in [0.4, 0.5) is 5.69 Å². The lowest BCUT2D eigenvalue weighted by Crippen LogP contribution is -2.33. The Labute approximate surface area is 207 Å². The smallest absolute Gasteiger partial charge is 0.264 e. The number of amides is 1. The average molecular weight is 485 g/mol. The molecule has 35 heavy (non-hydrogen) atoms. The number of hydrogen-bond donors (Lipinski definition) is 1. The summed E-state index contributed by atoms with van der Waals surface area (Å²) in [5, 5.41) is 3.12. The van der Waals surface area contributed by atoms with Gasteiger partial charge in [-0.15, -0.1) is 0 Å². The van der Waals surface area contributed by atoms with Gasteiger partial charge in [0.15, 0.2) is 0 Å². The lowest BCUT2D eigenvalue weighted by molar-refractivity contribution is 0.0943. The number of aryl methyl sites for hydroxylation is 2. The quantitative estimate of drug-likeness (QED) is 0.369. The Morgan fingerprint density at radius 3 is 1.86 bits per heavy atom. The lowest BCUT2D eigenvalue weighted by Gasteiger charge is -2.24. The first-order valence-corrected chi connectivity index (χ1v) is 12.8. The van der Waals surface area contributed by atoms with Crippen LogP contribution in [-0.2, 0) is 10.0 Å². The van der Waals surface area contributed by atoms with Gasteiger partial charge < -0.3 is 5.32 Å². The molecule has 1 amide bonds. The molecule has 4 rings (SSSR count). The van der Waals surface area contributed by atoms with E-state index in [1.165, 1.54) is 7.05 Å². The summed E-state index contributed by atoms with van der Waals surface area (Å²) in [5.41, 5.74) is 4.55. The molecule has 0 fully saturated rings.